The van der Waals surface area contributed by atoms with Crippen LogP contribution in [0.3, 0.4) is 0 Å². The number of carbonyl (C=O) groups is 1. The Morgan fingerprint density at radius 3 is 2.73 bits per heavy atom. The highest BCUT2D eigenvalue weighted by atomic mass is 79.9. The summed E-state index contributed by atoms with van der Waals surface area (Å²) in [5, 5.41) is 3.82. The summed E-state index contributed by atoms with van der Waals surface area (Å²) in [6.45, 7) is 0. The summed E-state index contributed by atoms with van der Waals surface area (Å²) in [7, 11) is 1.56. The zero-order valence-electron chi connectivity index (χ0n) is 11.8. The van der Waals surface area contributed by atoms with Crippen LogP contribution in [0.1, 0.15) is 12.0 Å². The maximum absolute atomic E-state index is 12.0. The lowest BCUT2D eigenvalue weighted by atomic mass is 10.1. The van der Waals surface area contributed by atoms with Gasteiger partial charge in [-0.2, -0.15) is 0 Å². The second-order valence-corrected chi connectivity index (χ2v) is 6.31. The van der Waals surface area contributed by atoms with Crippen LogP contribution in [0.4, 0.5) is 5.69 Å². The maximum Gasteiger partial charge on any atom is 0.224 e. The normalized spacial score (nSPS) is 10.4. The Hall–Kier alpha value is -1.23. The van der Waals surface area contributed by atoms with Crippen LogP contribution >= 0.6 is 39.1 Å². The first-order chi connectivity index (χ1) is 10.5. The highest BCUT2D eigenvalue weighted by molar-refractivity contribution is 9.10. The van der Waals surface area contributed by atoms with E-state index in [9.17, 15) is 4.79 Å². The molecule has 22 heavy (non-hydrogen) atoms. The Labute approximate surface area is 147 Å². The number of rotatable bonds is 5. The smallest absolute Gasteiger partial charge is 0.224 e. The fraction of sp³-hybridized carbons (Fsp3) is 0.188. The van der Waals surface area contributed by atoms with Crippen molar-refractivity contribution in [1.82, 2.24) is 0 Å². The lowest BCUT2D eigenvalue weighted by Crippen LogP contribution is -2.12. The Morgan fingerprint density at radius 1 is 1.27 bits per heavy atom. The quantitative estimate of drug-likeness (QED) is 0.733. The molecule has 0 fully saturated rings. The number of amides is 1. The molecule has 0 aromatic heterocycles. The summed E-state index contributed by atoms with van der Waals surface area (Å²) >= 11 is 15.6. The first-order valence-electron chi connectivity index (χ1n) is 6.57. The zero-order valence-corrected chi connectivity index (χ0v) is 14.9. The third kappa shape index (κ3) is 4.38. The minimum Gasteiger partial charge on any atom is -0.495 e. The van der Waals surface area contributed by atoms with E-state index in [1.54, 1.807) is 25.3 Å². The molecular weight excluding hydrogens is 389 g/mol. The largest absolute Gasteiger partial charge is 0.495 e. The van der Waals surface area contributed by atoms with Crippen LogP contribution in [0.2, 0.25) is 10.0 Å². The number of halogens is 3. The van der Waals surface area contributed by atoms with Gasteiger partial charge in [-0.1, -0.05) is 51.3 Å². The van der Waals surface area contributed by atoms with Gasteiger partial charge < -0.3 is 10.1 Å². The Morgan fingerprint density at radius 2 is 2.05 bits per heavy atom. The fourth-order valence-electron chi connectivity index (χ4n) is 1.96. The topological polar surface area (TPSA) is 38.3 Å². The SMILES string of the molecule is COc1cccc(CCC(=O)Nc2ccc(Br)cc2Cl)c1Cl. The molecule has 2 aromatic carbocycles. The molecule has 3 nitrogen and oxygen atoms in total. The summed E-state index contributed by atoms with van der Waals surface area (Å²) in [5.74, 6) is 0.485. The van der Waals surface area contributed by atoms with E-state index in [2.05, 4.69) is 21.2 Å². The van der Waals surface area contributed by atoms with Gasteiger partial charge in [0.05, 0.1) is 22.8 Å². The molecule has 0 saturated heterocycles. The highest BCUT2D eigenvalue weighted by Gasteiger charge is 2.10. The van der Waals surface area contributed by atoms with E-state index >= 15 is 0 Å². The third-order valence-corrected chi connectivity index (χ3v) is 4.32. The summed E-state index contributed by atoms with van der Waals surface area (Å²) in [5.41, 5.74) is 1.46. The molecule has 0 heterocycles. The van der Waals surface area contributed by atoms with Gasteiger partial charge in [0.25, 0.3) is 0 Å². The molecule has 2 rings (SSSR count). The number of anilines is 1. The van der Waals surface area contributed by atoms with Gasteiger partial charge in [-0.05, 0) is 36.2 Å². The molecular formula is C16H14BrCl2NO2. The van der Waals surface area contributed by atoms with Crippen molar-refractivity contribution in [2.45, 2.75) is 12.8 Å². The van der Waals surface area contributed by atoms with Gasteiger partial charge in [-0.15, -0.1) is 0 Å². The minimum absolute atomic E-state index is 0.122. The second-order valence-electron chi connectivity index (χ2n) is 4.61. The predicted molar refractivity (Wildman–Crippen MR) is 94.1 cm³/mol. The maximum atomic E-state index is 12.0. The van der Waals surface area contributed by atoms with Gasteiger partial charge in [-0.3, -0.25) is 4.79 Å². The number of aryl methyl sites for hydroxylation is 1. The zero-order chi connectivity index (χ0) is 16.1. The van der Waals surface area contributed by atoms with Crippen LogP contribution in [-0.2, 0) is 11.2 Å². The lowest BCUT2D eigenvalue weighted by molar-refractivity contribution is -0.116. The van der Waals surface area contributed by atoms with Crippen molar-refractivity contribution in [2.75, 3.05) is 12.4 Å². The summed E-state index contributed by atoms with van der Waals surface area (Å²) in [4.78, 5) is 12.0. The summed E-state index contributed by atoms with van der Waals surface area (Å²) in [6, 6.07) is 10.8. The third-order valence-electron chi connectivity index (χ3n) is 3.09. The predicted octanol–water partition coefficient (Wildman–Crippen LogP) is 5.34. The van der Waals surface area contributed by atoms with Crippen molar-refractivity contribution in [3.8, 4) is 5.75 Å². The van der Waals surface area contributed by atoms with Crippen LogP contribution < -0.4 is 10.1 Å². The standard InChI is InChI=1S/C16H14BrCl2NO2/c1-22-14-4-2-3-10(16(14)19)5-8-15(21)20-13-7-6-11(17)9-12(13)18/h2-4,6-7,9H,5,8H2,1H3,(H,20,21). The molecule has 0 bridgehead atoms. The molecule has 0 radical (unpaired) electrons. The van der Waals surface area contributed by atoms with Crippen molar-refractivity contribution < 1.29 is 9.53 Å². The Kier molecular flexibility index (Phi) is 6.12. The van der Waals surface area contributed by atoms with E-state index in [0.717, 1.165) is 10.0 Å². The van der Waals surface area contributed by atoms with Crippen molar-refractivity contribution in [3.05, 3.63) is 56.5 Å². The van der Waals surface area contributed by atoms with Crippen LogP contribution in [0.25, 0.3) is 0 Å². The average Bonchev–Trinajstić information content (AvgIpc) is 2.49. The van der Waals surface area contributed by atoms with Crippen LogP contribution in [0, 0.1) is 0 Å². The number of hydrogen-bond donors (Lipinski definition) is 1. The molecule has 0 unspecified atom stereocenters. The van der Waals surface area contributed by atoms with E-state index in [4.69, 9.17) is 27.9 Å². The minimum atomic E-state index is -0.122. The van der Waals surface area contributed by atoms with E-state index in [1.807, 2.05) is 18.2 Å². The lowest BCUT2D eigenvalue weighted by Gasteiger charge is -2.10. The molecule has 1 N–H and O–H groups in total. The van der Waals surface area contributed by atoms with Crippen molar-refractivity contribution >= 4 is 50.7 Å². The van der Waals surface area contributed by atoms with E-state index < -0.39 is 0 Å². The van der Waals surface area contributed by atoms with E-state index in [0.29, 0.717) is 34.3 Å². The van der Waals surface area contributed by atoms with Crippen molar-refractivity contribution in [1.29, 1.82) is 0 Å². The Balaban J connectivity index is 1.98. The highest BCUT2D eigenvalue weighted by Crippen LogP contribution is 2.29. The first-order valence-corrected chi connectivity index (χ1v) is 8.12. The molecule has 0 saturated carbocycles. The molecule has 0 aliphatic heterocycles. The van der Waals surface area contributed by atoms with Gasteiger partial charge >= 0.3 is 0 Å². The summed E-state index contributed by atoms with van der Waals surface area (Å²) in [6.07, 6.45) is 0.829. The number of methoxy groups -OCH3 is 1. The molecule has 6 heteroatoms. The summed E-state index contributed by atoms with van der Waals surface area (Å²) < 4.78 is 6.02. The van der Waals surface area contributed by atoms with E-state index in [1.165, 1.54) is 0 Å². The molecule has 0 spiro atoms. The first kappa shape index (κ1) is 17.1. The number of benzene rings is 2. The monoisotopic (exact) mass is 401 g/mol. The van der Waals surface area contributed by atoms with Gasteiger partial charge in [0.1, 0.15) is 5.75 Å². The number of ether oxygens (including phenoxy) is 1. The molecule has 116 valence electrons. The fourth-order valence-corrected chi connectivity index (χ4v) is 2.98. The van der Waals surface area contributed by atoms with Crippen molar-refractivity contribution in [2.24, 2.45) is 0 Å². The Bertz CT molecular complexity index is 692. The average molecular weight is 403 g/mol. The van der Waals surface area contributed by atoms with Crippen LogP contribution in [0.15, 0.2) is 40.9 Å². The van der Waals surface area contributed by atoms with Gasteiger partial charge in [0.15, 0.2) is 0 Å². The number of carbonyl (C=O) groups excluding carboxylic acids is 1. The van der Waals surface area contributed by atoms with E-state index in [-0.39, 0.29) is 5.91 Å². The second kappa shape index (κ2) is 7.86. The van der Waals surface area contributed by atoms with Gasteiger partial charge in [0.2, 0.25) is 5.91 Å². The molecule has 0 aliphatic carbocycles. The molecule has 1 amide bonds. The molecule has 0 atom stereocenters. The molecule has 2 aromatic rings. The molecule has 0 aliphatic rings. The number of hydrogen-bond acceptors (Lipinski definition) is 2. The van der Waals surface area contributed by atoms with Gasteiger partial charge in [-0.25, -0.2) is 0 Å². The number of nitrogens with one attached hydrogen (secondary N) is 1. The van der Waals surface area contributed by atoms with Gasteiger partial charge in [0, 0.05) is 10.9 Å². The van der Waals surface area contributed by atoms with Crippen molar-refractivity contribution in [3.63, 3.8) is 0 Å². The van der Waals surface area contributed by atoms with Crippen LogP contribution in [-0.4, -0.2) is 13.0 Å². The van der Waals surface area contributed by atoms with Crippen LogP contribution in [0.5, 0.6) is 5.75 Å².